The van der Waals surface area contributed by atoms with E-state index in [-0.39, 0.29) is 18.9 Å². The molecule has 3 amide bonds. The van der Waals surface area contributed by atoms with Crippen LogP contribution in [0.15, 0.2) is 24.5 Å². The largest absolute Gasteiger partial charge is 0.396 e. The number of unbranched alkanes of at least 4 members (excludes halogenated alkanes) is 2. The molecule has 0 atom stereocenters. The first-order chi connectivity index (χ1) is 11.7. The molecular weight excluding hydrogens is 308 g/mol. The standard InChI is InChI=1S/C17H18N4O3/c22-11-4-2-1-3-6-13-7-5-9-20-15(12-18-16(13)20)21-10-8-14(23)19-17(21)24/h5,7,9,12,22H,1-2,4,8,10-11H2,(H,19,23,24). The van der Waals surface area contributed by atoms with Gasteiger partial charge in [-0.15, -0.1) is 0 Å². The predicted octanol–water partition coefficient (Wildman–Crippen LogP) is 1.29. The molecule has 1 fully saturated rings. The maximum atomic E-state index is 12.0. The number of rotatable bonds is 4. The zero-order valence-corrected chi connectivity index (χ0v) is 13.2. The van der Waals surface area contributed by atoms with Gasteiger partial charge in [0.15, 0.2) is 5.65 Å². The van der Waals surface area contributed by atoms with Crippen LogP contribution < -0.4 is 10.2 Å². The minimum atomic E-state index is -0.437. The van der Waals surface area contributed by atoms with E-state index in [1.165, 1.54) is 4.90 Å². The number of imide groups is 1. The van der Waals surface area contributed by atoms with Crippen LogP contribution in [0.3, 0.4) is 0 Å². The number of hydrogen-bond donors (Lipinski definition) is 2. The Labute approximate surface area is 139 Å². The molecule has 2 N–H and O–H groups in total. The summed E-state index contributed by atoms with van der Waals surface area (Å²) in [6.07, 6.45) is 6.01. The number of aliphatic hydroxyl groups excluding tert-OH is 1. The summed E-state index contributed by atoms with van der Waals surface area (Å²) in [7, 11) is 0. The van der Waals surface area contributed by atoms with Crippen molar-refractivity contribution in [1.82, 2.24) is 14.7 Å². The van der Waals surface area contributed by atoms with Crippen LogP contribution in [0.1, 0.15) is 31.2 Å². The zero-order chi connectivity index (χ0) is 16.9. The summed E-state index contributed by atoms with van der Waals surface area (Å²) in [6, 6.07) is 3.29. The average Bonchev–Trinajstić information content (AvgIpc) is 2.99. The molecule has 2 aromatic heterocycles. The zero-order valence-electron chi connectivity index (χ0n) is 13.2. The lowest BCUT2D eigenvalue weighted by Gasteiger charge is -2.25. The van der Waals surface area contributed by atoms with Crippen molar-refractivity contribution in [3.63, 3.8) is 0 Å². The minimum Gasteiger partial charge on any atom is -0.396 e. The molecule has 0 saturated carbocycles. The van der Waals surface area contributed by atoms with Gasteiger partial charge in [-0.1, -0.05) is 11.8 Å². The first kappa shape index (κ1) is 16.0. The maximum Gasteiger partial charge on any atom is 0.329 e. The van der Waals surface area contributed by atoms with Crippen molar-refractivity contribution in [2.45, 2.75) is 25.7 Å². The van der Waals surface area contributed by atoms with Gasteiger partial charge in [0.05, 0.1) is 11.8 Å². The van der Waals surface area contributed by atoms with Crippen LogP contribution in [-0.2, 0) is 4.79 Å². The lowest BCUT2D eigenvalue weighted by molar-refractivity contribution is -0.120. The van der Waals surface area contributed by atoms with E-state index in [0.717, 1.165) is 18.4 Å². The van der Waals surface area contributed by atoms with E-state index in [9.17, 15) is 9.59 Å². The molecule has 7 nitrogen and oxygen atoms in total. The van der Waals surface area contributed by atoms with E-state index in [0.29, 0.717) is 24.4 Å². The Morgan fingerprint density at radius 2 is 2.21 bits per heavy atom. The number of fused-ring (bicyclic) bond motifs is 1. The predicted molar refractivity (Wildman–Crippen MR) is 88.5 cm³/mol. The Bertz CT molecular complexity index is 831. The lowest BCUT2D eigenvalue weighted by Crippen LogP contribution is -2.50. The summed E-state index contributed by atoms with van der Waals surface area (Å²) in [5.74, 6) is 6.52. The van der Waals surface area contributed by atoms with E-state index < -0.39 is 6.03 Å². The average molecular weight is 326 g/mol. The number of amides is 3. The Morgan fingerprint density at radius 1 is 1.33 bits per heavy atom. The molecule has 3 rings (SSSR count). The minimum absolute atomic E-state index is 0.182. The number of urea groups is 1. The topological polar surface area (TPSA) is 86.9 Å². The summed E-state index contributed by atoms with van der Waals surface area (Å²) in [4.78, 5) is 29.2. The van der Waals surface area contributed by atoms with E-state index >= 15 is 0 Å². The van der Waals surface area contributed by atoms with Gasteiger partial charge in [0, 0.05) is 32.2 Å². The number of aliphatic hydroxyl groups is 1. The van der Waals surface area contributed by atoms with Gasteiger partial charge >= 0.3 is 6.03 Å². The Hall–Kier alpha value is -2.85. The van der Waals surface area contributed by atoms with Crippen molar-refractivity contribution in [1.29, 1.82) is 0 Å². The maximum absolute atomic E-state index is 12.0. The first-order valence-corrected chi connectivity index (χ1v) is 7.88. The van der Waals surface area contributed by atoms with E-state index in [1.807, 2.05) is 18.3 Å². The third-order valence-electron chi connectivity index (χ3n) is 3.78. The molecule has 0 bridgehead atoms. The fourth-order valence-electron chi connectivity index (χ4n) is 2.56. The molecular formula is C17H18N4O3. The molecule has 24 heavy (non-hydrogen) atoms. The molecule has 7 heteroatoms. The van der Waals surface area contributed by atoms with Gasteiger partial charge in [-0.2, -0.15) is 0 Å². The smallest absolute Gasteiger partial charge is 0.329 e. The van der Waals surface area contributed by atoms with Gasteiger partial charge < -0.3 is 5.11 Å². The van der Waals surface area contributed by atoms with Gasteiger partial charge in [-0.05, 0) is 25.0 Å². The van der Waals surface area contributed by atoms with Crippen molar-refractivity contribution in [3.05, 3.63) is 30.1 Å². The number of carbonyl (C=O) groups excluding carboxylic acids is 2. The van der Waals surface area contributed by atoms with Crippen LogP contribution >= 0.6 is 0 Å². The molecule has 0 unspecified atom stereocenters. The Morgan fingerprint density at radius 3 is 3.00 bits per heavy atom. The van der Waals surface area contributed by atoms with Crippen molar-refractivity contribution < 1.29 is 14.7 Å². The number of nitrogens with zero attached hydrogens (tertiary/aromatic N) is 3. The highest BCUT2D eigenvalue weighted by Crippen LogP contribution is 2.20. The quantitative estimate of drug-likeness (QED) is 0.655. The highest BCUT2D eigenvalue weighted by atomic mass is 16.3. The molecule has 1 aliphatic rings. The summed E-state index contributed by atoms with van der Waals surface area (Å²) in [5.41, 5.74) is 1.45. The van der Waals surface area contributed by atoms with E-state index in [1.54, 1.807) is 10.6 Å². The number of carbonyl (C=O) groups is 2. The van der Waals surface area contributed by atoms with Crippen molar-refractivity contribution in [2.24, 2.45) is 0 Å². The third kappa shape index (κ3) is 3.24. The third-order valence-corrected chi connectivity index (χ3v) is 3.78. The first-order valence-electron chi connectivity index (χ1n) is 7.88. The molecule has 0 radical (unpaired) electrons. The monoisotopic (exact) mass is 326 g/mol. The Balaban J connectivity index is 1.86. The number of imidazole rings is 1. The van der Waals surface area contributed by atoms with Gasteiger partial charge in [-0.3, -0.25) is 19.4 Å². The van der Waals surface area contributed by atoms with Crippen LogP contribution in [-0.4, -0.2) is 39.6 Å². The fraction of sp³-hybridized carbons (Fsp3) is 0.353. The van der Waals surface area contributed by atoms with Crippen molar-refractivity contribution in [3.8, 4) is 11.8 Å². The van der Waals surface area contributed by atoms with Crippen LogP contribution in [0.4, 0.5) is 10.6 Å². The van der Waals surface area contributed by atoms with Crippen LogP contribution in [0.2, 0.25) is 0 Å². The molecule has 0 spiro atoms. The lowest BCUT2D eigenvalue weighted by atomic mass is 10.2. The second-order valence-electron chi connectivity index (χ2n) is 5.47. The highest BCUT2D eigenvalue weighted by molar-refractivity contribution is 6.05. The molecule has 0 aromatic carbocycles. The van der Waals surface area contributed by atoms with Gasteiger partial charge in [0.25, 0.3) is 0 Å². The van der Waals surface area contributed by atoms with Gasteiger partial charge in [-0.25, -0.2) is 9.78 Å². The summed E-state index contributed by atoms with van der Waals surface area (Å²) < 4.78 is 1.80. The molecule has 124 valence electrons. The summed E-state index contributed by atoms with van der Waals surface area (Å²) >= 11 is 0. The fourth-order valence-corrected chi connectivity index (χ4v) is 2.56. The Kier molecular flexibility index (Phi) is 4.77. The van der Waals surface area contributed by atoms with E-state index in [2.05, 4.69) is 22.1 Å². The SMILES string of the molecule is O=C1CCN(c2cnc3c(C#CCCCCO)cccn23)C(=O)N1. The number of nitrogens with one attached hydrogen (secondary N) is 1. The molecule has 3 heterocycles. The van der Waals surface area contributed by atoms with Crippen LogP contribution in [0.5, 0.6) is 0 Å². The van der Waals surface area contributed by atoms with E-state index in [4.69, 9.17) is 5.11 Å². The molecule has 1 saturated heterocycles. The van der Waals surface area contributed by atoms with Crippen LogP contribution in [0, 0.1) is 11.8 Å². The van der Waals surface area contributed by atoms with Gasteiger partial charge in [0.2, 0.25) is 5.91 Å². The number of pyridine rings is 1. The molecule has 1 aliphatic heterocycles. The highest BCUT2D eigenvalue weighted by Gasteiger charge is 2.26. The number of aromatic nitrogens is 2. The van der Waals surface area contributed by atoms with Crippen molar-refractivity contribution in [2.75, 3.05) is 18.1 Å². The summed E-state index contributed by atoms with van der Waals surface area (Å²) in [6.45, 7) is 0.511. The number of anilines is 1. The summed E-state index contributed by atoms with van der Waals surface area (Å²) in [5, 5.41) is 11.1. The molecule has 0 aliphatic carbocycles. The number of hydrogen-bond acceptors (Lipinski definition) is 4. The normalized spacial score (nSPS) is 14.5. The second kappa shape index (κ2) is 7.15. The van der Waals surface area contributed by atoms with Gasteiger partial charge in [0.1, 0.15) is 5.82 Å². The second-order valence-corrected chi connectivity index (χ2v) is 5.47. The van der Waals surface area contributed by atoms with Crippen molar-refractivity contribution >= 4 is 23.4 Å². The molecule has 2 aromatic rings. The van der Waals surface area contributed by atoms with Crippen LogP contribution in [0.25, 0.3) is 5.65 Å².